The molecule has 1 fully saturated rings. The van der Waals surface area contributed by atoms with Crippen molar-refractivity contribution in [1.29, 1.82) is 0 Å². The standard InChI is InChI=1S/C7H16N2O2S/c1-9(2)12(10,11)7-4-3-5-8-6-7/h7-8H,3-6H2,1-2H3/t7-/m1/s1. The molecule has 0 saturated carbocycles. The molecular formula is C7H16N2O2S. The summed E-state index contributed by atoms with van der Waals surface area (Å²) in [5, 5.41) is 2.87. The van der Waals surface area contributed by atoms with E-state index in [1.807, 2.05) is 0 Å². The number of hydrogen-bond donors (Lipinski definition) is 1. The molecule has 1 N–H and O–H groups in total. The lowest BCUT2D eigenvalue weighted by molar-refractivity contribution is 0.459. The zero-order chi connectivity index (χ0) is 9.19. The van der Waals surface area contributed by atoms with Crippen molar-refractivity contribution in [3.63, 3.8) is 0 Å². The van der Waals surface area contributed by atoms with Gasteiger partial charge in [-0.2, -0.15) is 0 Å². The van der Waals surface area contributed by atoms with Gasteiger partial charge in [-0.25, -0.2) is 12.7 Å². The summed E-state index contributed by atoms with van der Waals surface area (Å²) < 4.78 is 24.5. The molecule has 0 radical (unpaired) electrons. The van der Waals surface area contributed by atoms with Crippen LogP contribution in [0.15, 0.2) is 0 Å². The zero-order valence-electron chi connectivity index (χ0n) is 7.58. The first-order valence-corrected chi connectivity index (χ1v) is 5.67. The van der Waals surface area contributed by atoms with Crippen molar-refractivity contribution in [3.05, 3.63) is 0 Å². The van der Waals surface area contributed by atoms with E-state index < -0.39 is 10.0 Å². The molecule has 0 aromatic carbocycles. The van der Waals surface area contributed by atoms with Crippen molar-refractivity contribution in [2.75, 3.05) is 27.2 Å². The van der Waals surface area contributed by atoms with E-state index in [-0.39, 0.29) is 5.25 Å². The van der Waals surface area contributed by atoms with Gasteiger partial charge in [0.25, 0.3) is 0 Å². The van der Waals surface area contributed by atoms with Gasteiger partial charge in [0, 0.05) is 20.6 Å². The Morgan fingerprint density at radius 1 is 1.42 bits per heavy atom. The molecule has 0 amide bonds. The molecule has 1 rings (SSSR count). The van der Waals surface area contributed by atoms with E-state index in [1.165, 1.54) is 4.31 Å². The summed E-state index contributed by atoms with van der Waals surface area (Å²) >= 11 is 0. The van der Waals surface area contributed by atoms with Crippen LogP contribution in [-0.2, 0) is 10.0 Å². The molecular weight excluding hydrogens is 176 g/mol. The van der Waals surface area contributed by atoms with Gasteiger partial charge in [0.2, 0.25) is 10.0 Å². The van der Waals surface area contributed by atoms with Crippen LogP contribution in [0.4, 0.5) is 0 Å². The molecule has 0 spiro atoms. The largest absolute Gasteiger partial charge is 0.315 e. The lowest BCUT2D eigenvalue weighted by Gasteiger charge is -2.25. The van der Waals surface area contributed by atoms with Crippen LogP contribution >= 0.6 is 0 Å². The summed E-state index contributed by atoms with van der Waals surface area (Å²) in [7, 11) is 0.145. The van der Waals surface area contributed by atoms with Crippen molar-refractivity contribution in [2.24, 2.45) is 0 Å². The minimum atomic E-state index is -3.03. The molecule has 1 heterocycles. The van der Waals surface area contributed by atoms with Gasteiger partial charge in [-0.15, -0.1) is 0 Å². The average Bonchev–Trinajstić information content (AvgIpc) is 2.06. The summed E-state index contributed by atoms with van der Waals surface area (Å²) in [5.41, 5.74) is 0. The quantitative estimate of drug-likeness (QED) is 0.649. The molecule has 0 aromatic heterocycles. The van der Waals surface area contributed by atoms with Gasteiger partial charge in [-0.05, 0) is 19.4 Å². The molecule has 5 heteroatoms. The highest BCUT2D eigenvalue weighted by molar-refractivity contribution is 7.89. The van der Waals surface area contributed by atoms with Gasteiger partial charge in [0.15, 0.2) is 0 Å². The molecule has 0 bridgehead atoms. The lowest BCUT2D eigenvalue weighted by Crippen LogP contribution is -2.43. The second-order valence-corrected chi connectivity index (χ2v) is 5.72. The van der Waals surface area contributed by atoms with Crippen LogP contribution in [0.1, 0.15) is 12.8 Å². The molecule has 0 aromatic rings. The second-order valence-electron chi connectivity index (χ2n) is 3.30. The number of sulfonamides is 1. The third kappa shape index (κ3) is 1.97. The van der Waals surface area contributed by atoms with Gasteiger partial charge in [-0.3, -0.25) is 0 Å². The van der Waals surface area contributed by atoms with Crippen LogP contribution in [0.25, 0.3) is 0 Å². The highest BCUT2D eigenvalue weighted by Crippen LogP contribution is 2.13. The Balaban J connectivity index is 2.67. The number of hydrogen-bond acceptors (Lipinski definition) is 3. The molecule has 72 valence electrons. The molecule has 1 aliphatic rings. The first kappa shape index (κ1) is 9.95. The van der Waals surface area contributed by atoms with E-state index in [1.54, 1.807) is 14.1 Å². The second kappa shape index (κ2) is 3.72. The Kier molecular flexibility index (Phi) is 3.09. The van der Waals surface area contributed by atoms with E-state index in [4.69, 9.17) is 0 Å². The topological polar surface area (TPSA) is 49.4 Å². The minimum absolute atomic E-state index is 0.221. The third-order valence-electron chi connectivity index (χ3n) is 2.18. The Hall–Kier alpha value is -0.130. The number of rotatable bonds is 2. The monoisotopic (exact) mass is 192 g/mol. The van der Waals surface area contributed by atoms with Crippen LogP contribution in [0.3, 0.4) is 0 Å². The van der Waals surface area contributed by atoms with Crippen molar-refractivity contribution in [1.82, 2.24) is 9.62 Å². The van der Waals surface area contributed by atoms with E-state index in [0.717, 1.165) is 19.4 Å². The molecule has 1 aliphatic heterocycles. The molecule has 12 heavy (non-hydrogen) atoms. The summed E-state index contributed by atoms with van der Waals surface area (Å²) in [4.78, 5) is 0. The van der Waals surface area contributed by atoms with Gasteiger partial charge in [-0.1, -0.05) is 0 Å². The summed E-state index contributed by atoms with van der Waals surface area (Å²) in [6.45, 7) is 1.54. The highest BCUT2D eigenvalue weighted by Gasteiger charge is 2.28. The first-order valence-electron chi connectivity index (χ1n) is 4.17. The maximum Gasteiger partial charge on any atom is 0.217 e. The maximum atomic E-state index is 11.6. The molecule has 0 aliphatic carbocycles. The number of nitrogens with one attached hydrogen (secondary N) is 1. The minimum Gasteiger partial charge on any atom is -0.315 e. The highest BCUT2D eigenvalue weighted by atomic mass is 32.2. The van der Waals surface area contributed by atoms with Crippen molar-refractivity contribution < 1.29 is 8.42 Å². The fourth-order valence-corrected chi connectivity index (χ4v) is 2.76. The third-order valence-corrected chi connectivity index (χ3v) is 4.44. The van der Waals surface area contributed by atoms with Crippen LogP contribution in [0, 0.1) is 0 Å². The Morgan fingerprint density at radius 2 is 2.08 bits per heavy atom. The van der Waals surface area contributed by atoms with Crippen LogP contribution in [-0.4, -0.2) is 45.2 Å². The smallest absolute Gasteiger partial charge is 0.217 e. The zero-order valence-corrected chi connectivity index (χ0v) is 8.39. The fourth-order valence-electron chi connectivity index (χ4n) is 1.37. The maximum absolute atomic E-state index is 11.6. The van der Waals surface area contributed by atoms with E-state index >= 15 is 0 Å². The number of nitrogens with zero attached hydrogens (tertiary/aromatic N) is 1. The molecule has 1 atom stereocenters. The molecule has 0 unspecified atom stereocenters. The number of piperidine rings is 1. The lowest BCUT2D eigenvalue weighted by atomic mass is 10.2. The van der Waals surface area contributed by atoms with E-state index in [2.05, 4.69) is 5.32 Å². The van der Waals surface area contributed by atoms with Gasteiger partial charge in [0.05, 0.1) is 5.25 Å². The fraction of sp³-hybridized carbons (Fsp3) is 1.00. The van der Waals surface area contributed by atoms with Gasteiger partial charge >= 0.3 is 0 Å². The summed E-state index contributed by atoms with van der Waals surface area (Å²) in [6.07, 6.45) is 1.74. The van der Waals surface area contributed by atoms with Crippen molar-refractivity contribution in [2.45, 2.75) is 18.1 Å². The normalized spacial score (nSPS) is 26.1. The SMILES string of the molecule is CN(C)S(=O)(=O)[C@@H]1CCCNC1. The van der Waals surface area contributed by atoms with Crippen LogP contribution in [0.2, 0.25) is 0 Å². The Labute approximate surface area is 74.0 Å². The summed E-state index contributed by atoms with van der Waals surface area (Å²) in [5.74, 6) is 0. The van der Waals surface area contributed by atoms with Crippen LogP contribution < -0.4 is 5.32 Å². The van der Waals surface area contributed by atoms with Gasteiger partial charge < -0.3 is 5.32 Å². The Bertz CT molecular complexity index is 230. The van der Waals surface area contributed by atoms with Crippen molar-refractivity contribution in [3.8, 4) is 0 Å². The molecule has 1 saturated heterocycles. The predicted octanol–water partition coefficient (Wildman–Crippen LogP) is -0.370. The van der Waals surface area contributed by atoms with E-state index in [9.17, 15) is 8.42 Å². The summed E-state index contributed by atoms with van der Waals surface area (Å²) in [6, 6.07) is 0. The van der Waals surface area contributed by atoms with Gasteiger partial charge in [0.1, 0.15) is 0 Å². The van der Waals surface area contributed by atoms with E-state index in [0.29, 0.717) is 6.54 Å². The Morgan fingerprint density at radius 3 is 2.50 bits per heavy atom. The predicted molar refractivity (Wildman–Crippen MR) is 48.5 cm³/mol. The molecule has 4 nitrogen and oxygen atoms in total. The first-order chi connectivity index (χ1) is 5.55. The van der Waals surface area contributed by atoms with Crippen LogP contribution in [0.5, 0.6) is 0 Å². The van der Waals surface area contributed by atoms with Crippen molar-refractivity contribution >= 4 is 10.0 Å². The average molecular weight is 192 g/mol.